The molecule has 6 nitrogen and oxygen atoms in total. The fourth-order valence-corrected chi connectivity index (χ4v) is 1.71. The van der Waals surface area contributed by atoms with Gasteiger partial charge in [-0.3, -0.25) is 10.1 Å². The van der Waals surface area contributed by atoms with E-state index in [0.29, 0.717) is 18.0 Å². The van der Waals surface area contributed by atoms with Gasteiger partial charge >= 0.3 is 5.69 Å². The first-order valence-electron chi connectivity index (χ1n) is 5.53. The molecule has 1 aromatic carbocycles. The molecule has 1 heterocycles. The Bertz CT molecular complexity index is 602. The van der Waals surface area contributed by atoms with Gasteiger partial charge in [0.15, 0.2) is 0 Å². The lowest BCUT2D eigenvalue weighted by Crippen LogP contribution is -1.98. The molecule has 0 bridgehead atoms. The van der Waals surface area contributed by atoms with Crippen LogP contribution in [-0.4, -0.2) is 25.8 Å². The third-order valence-electron chi connectivity index (χ3n) is 2.50. The minimum Gasteiger partial charge on any atom is -0.258 e. The Hall–Kier alpha value is -2.02. The van der Waals surface area contributed by atoms with Gasteiger partial charge in [0.2, 0.25) is 5.82 Å². The smallest absolute Gasteiger partial charge is 0.258 e. The van der Waals surface area contributed by atoms with Crippen molar-refractivity contribution in [2.75, 3.05) is 5.88 Å². The average molecular weight is 285 g/mol. The number of nitrogens with zero attached hydrogens (tertiary/aromatic N) is 4. The minimum absolute atomic E-state index is 0.382. The number of hydrogen-bond acceptors (Lipinski definition) is 4. The van der Waals surface area contributed by atoms with Gasteiger partial charge in [-0.2, -0.15) is 4.39 Å². The second kappa shape index (κ2) is 5.75. The van der Waals surface area contributed by atoms with Crippen molar-refractivity contribution >= 4 is 17.3 Å². The van der Waals surface area contributed by atoms with Gasteiger partial charge in [0, 0.05) is 18.0 Å². The fraction of sp³-hybridized carbons (Fsp3) is 0.273. The molecule has 0 saturated carbocycles. The van der Waals surface area contributed by atoms with Gasteiger partial charge in [-0.05, 0) is 18.9 Å². The molecule has 0 N–H and O–H groups in total. The predicted octanol–water partition coefficient (Wildman–Crippen LogP) is 2.49. The van der Waals surface area contributed by atoms with Crippen molar-refractivity contribution in [2.24, 2.45) is 0 Å². The van der Waals surface area contributed by atoms with Crippen LogP contribution in [0, 0.1) is 15.9 Å². The Labute approximate surface area is 113 Å². The summed E-state index contributed by atoms with van der Waals surface area (Å²) in [5.41, 5.74) is 0.554. The second-order valence-electron chi connectivity index (χ2n) is 3.84. The van der Waals surface area contributed by atoms with Gasteiger partial charge < -0.3 is 0 Å². The lowest BCUT2D eigenvalue weighted by Gasteiger charge is -2.00. The molecule has 0 spiro atoms. The maximum Gasteiger partial charge on any atom is 0.304 e. The first-order valence-corrected chi connectivity index (χ1v) is 6.07. The van der Waals surface area contributed by atoms with Crippen LogP contribution in [0.1, 0.15) is 12.1 Å². The van der Waals surface area contributed by atoms with E-state index in [1.165, 1.54) is 10.7 Å². The standard InChI is InChI=1S/C11H10ClFN4O2/c12-5-1-2-8-7-16(15-14-8)9-3-4-11(17(18)19)10(13)6-9/h3-4,6-7H,1-2,5H2. The Morgan fingerprint density at radius 3 is 2.89 bits per heavy atom. The van der Waals surface area contributed by atoms with Crippen LogP contribution in [0.3, 0.4) is 0 Å². The topological polar surface area (TPSA) is 73.8 Å². The molecule has 0 aliphatic heterocycles. The van der Waals surface area contributed by atoms with Crippen molar-refractivity contribution in [2.45, 2.75) is 12.8 Å². The highest BCUT2D eigenvalue weighted by molar-refractivity contribution is 6.17. The lowest BCUT2D eigenvalue weighted by atomic mass is 10.2. The number of aryl methyl sites for hydroxylation is 1. The van der Waals surface area contributed by atoms with Crippen LogP contribution in [0.4, 0.5) is 10.1 Å². The number of nitro benzene ring substituents is 1. The zero-order chi connectivity index (χ0) is 13.8. The van der Waals surface area contributed by atoms with Gasteiger partial charge in [-0.15, -0.1) is 16.7 Å². The highest BCUT2D eigenvalue weighted by Crippen LogP contribution is 2.19. The maximum absolute atomic E-state index is 13.5. The summed E-state index contributed by atoms with van der Waals surface area (Å²) in [4.78, 5) is 9.74. The largest absolute Gasteiger partial charge is 0.304 e. The highest BCUT2D eigenvalue weighted by Gasteiger charge is 2.14. The average Bonchev–Trinajstić information content (AvgIpc) is 2.84. The summed E-state index contributed by atoms with van der Waals surface area (Å²) < 4.78 is 14.8. The monoisotopic (exact) mass is 284 g/mol. The fourth-order valence-electron chi connectivity index (χ4n) is 1.57. The summed E-state index contributed by atoms with van der Waals surface area (Å²) in [6.07, 6.45) is 3.10. The van der Waals surface area contributed by atoms with Crippen molar-refractivity contribution < 1.29 is 9.31 Å². The van der Waals surface area contributed by atoms with Gasteiger partial charge in [0.25, 0.3) is 0 Å². The molecule has 0 unspecified atom stereocenters. The molecule has 0 radical (unpaired) electrons. The molecule has 1 aromatic heterocycles. The Balaban J connectivity index is 2.24. The van der Waals surface area contributed by atoms with Gasteiger partial charge in [-0.25, -0.2) is 4.68 Å². The summed E-state index contributed by atoms with van der Waals surface area (Å²) in [6, 6.07) is 3.57. The molecule has 0 amide bonds. The van der Waals surface area contributed by atoms with Crippen LogP contribution in [0.2, 0.25) is 0 Å². The zero-order valence-electron chi connectivity index (χ0n) is 9.79. The third-order valence-corrected chi connectivity index (χ3v) is 2.77. The van der Waals surface area contributed by atoms with E-state index < -0.39 is 16.4 Å². The van der Waals surface area contributed by atoms with E-state index in [0.717, 1.165) is 24.2 Å². The van der Waals surface area contributed by atoms with Crippen LogP contribution in [0.15, 0.2) is 24.4 Å². The first-order chi connectivity index (χ1) is 9.11. The summed E-state index contributed by atoms with van der Waals surface area (Å²) in [5, 5.41) is 18.3. The number of alkyl halides is 1. The SMILES string of the molecule is O=[N+]([O-])c1ccc(-n2cc(CCCCl)nn2)cc1F. The number of rotatable bonds is 5. The summed E-state index contributed by atoms with van der Waals surface area (Å²) in [5.74, 6) is -0.376. The molecule has 2 aromatic rings. The molecule has 2 rings (SSSR count). The normalized spacial score (nSPS) is 10.6. The number of hydrogen-bond donors (Lipinski definition) is 0. The molecule has 0 atom stereocenters. The van der Waals surface area contributed by atoms with Gasteiger partial charge in [0.05, 0.1) is 22.5 Å². The van der Waals surface area contributed by atoms with Crippen molar-refractivity contribution in [1.29, 1.82) is 0 Å². The third kappa shape index (κ3) is 3.05. The van der Waals surface area contributed by atoms with E-state index in [4.69, 9.17) is 11.6 Å². The Kier molecular flexibility index (Phi) is 4.06. The van der Waals surface area contributed by atoms with E-state index in [1.54, 1.807) is 6.20 Å². The minimum atomic E-state index is -0.902. The van der Waals surface area contributed by atoms with Crippen molar-refractivity contribution in [3.63, 3.8) is 0 Å². The lowest BCUT2D eigenvalue weighted by molar-refractivity contribution is -0.387. The van der Waals surface area contributed by atoms with Crippen molar-refractivity contribution in [1.82, 2.24) is 15.0 Å². The molecule has 19 heavy (non-hydrogen) atoms. The summed E-state index contributed by atoms with van der Waals surface area (Å²) >= 11 is 5.57. The summed E-state index contributed by atoms with van der Waals surface area (Å²) in [7, 11) is 0. The van der Waals surface area contributed by atoms with Crippen LogP contribution in [0.25, 0.3) is 5.69 Å². The van der Waals surface area contributed by atoms with Crippen LogP contribution in [-0.2, 0) is 6.42 Å². The van der Waals surface area contributed by atoms with E-state index in [2.05, 4.69) is 10.3 Å². The Morgan fingerprint density at radius 1 is 1.47 bits per heavy atom. The van der Waals surface area contributed by atoms with Gasteiger partial charge in [-0.1, -0.05) is 5.21 Å². The molecule has 0 saturated heterocycles. The highest BCUT2D eigenvalue weighted by atomic mass is 35.5. The molecule has 0 fully saturated rings. The molecule has 8 heteroatoms. The van der Waals surface area contributed by atoms with Crippen LogP contribution < -0.4 is 0 Å². The number of benzene rings is 1. The molecular weight excluding hydrogens is 275 g/mol. The van der Waals surface area contributed by atoms with E-state index in [9.17, 15) is 14.5 Å². The predicted molar refractivity (Wildman–Crippen MR) is 67.0 cm³/mol. The van der Waals surface area contributed by atoms with Crippen LogP contribution in [0.5, 0.6) is 0 Å². The van der Waals surface area contributed by atoms with E-state index in [1.807, 2.05) is 0 Å². The van der Waals surface area contributed by atoms with E-state index in [-0.39, 0.29) is 0 Å². The van der Waals surface area contributed by atoms with E-state index >= 15 is 0 Å². The van der Waals surface area contributed by atoms with Gasteiger partial charge in [0.1, 0.15) is 0 Å². The first kappa shape index (κ1) is 13.4. The molecule has 0 aliphatic rings. The quantitative estimate of drug-likeness (QED) is 0.480. The zero-order valence-corrected chi connectivity index (χ0v) is 10.5. The molecule has 0 aliphatic carbocycles. The molecule has 100 valence electrons. The summed E-state index contributed by atoms with van der Waals surface area (Å²) in [6.45, 7) is 0. The molecular formula is C11H10ClFN4O2. The number of nitro groups is 1. The number of halogens is 2. The maximum atomic E-state index is 13.5. The van der Waals surface area contributed by atoms with Crippen molar-refractivity contribution in [3.05, 3.63) is 46.0 Å². The number of aromatic nitrogens is 3. The van der Waals surface area contributed by atoms with Crippen molar-refractivity contribution in [3.8, 4) is 5.69 Å². The second-order valence-corrected chi connectivity index (χ2v) is 4.22. The van der Waals surface area contributed by atoms with Crippen LogP contribution >= 0.6 is 11.6 Å². The Morgan fingerprint density at radius 2 is 2.26 bits per heavy atom.